The fourth-order valence-corrected chi connectivity index (χ4v) is 5.07. The molecule has 1 saturated carbocycles. The van der Waals surface area contributed by atoms with Crippen LogP contribution in [0.4, 0.5) is 5.69 Å². The Labute approximate surface area is 203 Å². The molecule has 0 bridgehead atoms. The zero-order chi connectivity index (χ0) is 24.4. The fraction of sp³-hybridized carbons (Fsp3) is 0.286. The molecule has 2 unspecified atom stereocenters. The normalized spacial score (nSPS) is 19.8. The standard InChI is InChI=1S/C28H25N3O4/c29-17-18-7-8-19(4-3-6-26(32)33)24(14-18)31-27(34)22-16-28(22)11-13-35-25-10-9-20(15-21(25)28)23-5-1-2-12-30-23/h1-2,5,7-10,12,14-15,22H,3-4,6,11,13,16H2,(H,31,34)(H,32,33). The molecule has 0 saturated heterocycles. The van der Waals surface area contributed by atoms with E-state index in [1.54, 1.807) is 24.4 Å². The molecular weight excluding hydrogens is 442 g/mol. The van der Waals surface area contributed by atoms with Crippen molar-refractivity contribution in [2.45, 2.75) is 37.5 Å². The first kappa shape index (κ1) is 22.6. The molecule has 2 aliphatic rings. The maximum atomic E-state index is 13.4. The number of carbonyl (C=O) groups is 2. The molecule has 5 rings (SSSR count). The number of anilines is 1. The number of carboxylic acids is 1. The maximum absolute atomic E-state index is 13.4. The minimum atomic E-state index is -0.854. The minimum absolute atomic E-state index is 0.0501. The Morgan fingerprint density at radius 3 is 2.86 bits per heavy atom. The molecule has 2 heterocycles. The molecule has 176 valence electrons. The van der Waals surface area contributed by atoms with Crippen LogP contribution in [0.5, 0.6) is 5.75 Å². The molecule has 1 aliphatic carbocycles. The number of pyridine rings is 1. The van der Waals surface area contributed by atoms with E-state index in [1.807, 2.05) is 30.3 Å². The number of ether oxygens (including phenoxy) is 1. The second-order valence-corrected chi connectivity index (χ2v) is 9.16. The number of aliphatic carboxylic acids is 1. The summed E-state index contributed by atoms with van der Waals surface area (Å²) >= 11 is 0. The zero-order valence-corrected chi connectivity index (χ0v) is 19.2. The van der Waals surface area contributed by atoms with Gasteiger partial charge in [-0.25, -0.2) is 0 Å². The highest BCUT2D eigenvalue weighted by atomic mass is 16.5. The summed E-state index contributed by atoms with van der Waals surface area (Å²) in [4.78, 5) is 28.8. The molecule has 2 atom stereocenters. The van der Waals surface area contributed by atoms with Crippen LogP contribution in [-0.4, -0.2) is 28.6 Å². The summed E-state index contributed by atoms with van der Waals surface area (Å²) in [6, 6.07) is 19.1. The van der Waals surface area contributed by atoms with Gasteiger partial charge < -0.3 is 15.2 Å². The molecule has 7 nitrogen and oxygen atoms in total. The van der Waals surface area contributed by atoms with Crippen molar-refractivity contribution in [1.82, 2.24) is 4.98 Å². The van der Waals surface area contributed by atoms with Crippen molar-refractivity contribution >= 4 is 17.6 Å². The molecule has 1 aliphatic heterocycles. The van der Waals surface area contributed by atoms with Crippen LogP contribution in [0.3, 0.4) is 0 Å². The van der Waals surface area contributed by atoms with Crippen molar-refractivity contribution in [2.75, 3.05) is 11.9 Å². The Morgan fingerprint density at radius 2 is 2.09 bits per heavy atom. The van der Waals surface area contributed by atoms with Crippen LogP contribution in [0, 0.1) is 17.2 Å². The average Bonchev–Trinajstić information content (AvgIpc) is 3.60. The smallest absolute Gasteiger partial charge is 0.303 e. The molecule has 7 heteroatoms. The van der Waals surface area contributed by atoms with E-state index in [0.717, 1.165) is 41.0 Å². The van der Waals surface area contributed by atoms with Crippen molar-refractivity contribution in [2.24, 2.45) is 5.92 Å². The molecule has 2 N–H and O–H groups in total. The Balaban J connectivity index is 1.38. The number of aryl methyl sites for hydroxylation is 1. The van der Waals surface area contributed by atoms with Crippen LogP contribution in [0.1, 0.15) is 42.4 Å². The van der Waals surface area contributed by atoms with Gasteiger partial charge in [0.15, 0.2) is 0 Å². The summed E-state index contributed by atoms with van der Waals surface area (Å²) in [7, 11) is 0. The average molecular weight is 468 g/mol. The largest absolute Gasteiger partial charge is 0.493 e. The third-order valence-electron chi connectivity index (χ3n) is 7.01. The molecule has 1 spiro atoms. The van der Waals surface area contributed by atoms with Crippen molar-refractivity contribution in [3.8, 4) is 23.1 Å². The maximum Gasteiger partial charge on any atom is 0.303 e. The van der Waals surface area contributed by atoms with Crippen molar-refractivity contribution in [3.05, 3.63) is 77.5 Å². The first-order valence-electron chi connectivity index (χ1n) is 11.7. The first-order chi connectivity index (χ1) is 17.0. The van der Waals surface area contributed by atoms with E-state index < -0.39 is 5.97 Å². The summed E-state index contributed by atoms with van der Waals surface area (Å²) in [5.74, 6) is -0.336. The van der Waals surface area contributed by atoms with Gasteiger partial charge in [-0.3, -0.25) is 14.6 Å². The topological polar surface area (TPSA) is 112 Å². The van der Waals surface area contributed by atoms with E-state index in [9.17, 15) is 14.9 Å². The van der Waals surface area contributed by atoms with E-state index in [4.69, 9.17) is 9.84 Å². The van der Waals surface area contributed by atoms with Crippen LogP contribution in [0.25, 0.3) is 11.3 Å². The van der Waals surface area contributed by atoms with E-state index in [0.29, 0.717) is 30.7 Å². The summed E-state index contributed by atoms with van der Waals surface area (Å²) in [6.45, 7) is 0.560. The lowest BCUT2D eigenvalue weighted by Gasteiger charge is -2.27. The Morgan fingerprint density at radius 1 is 1.20 bits per heavy atom. The van der Waals surface area contributed by atoms with Gasteiger partial charge >= 0.3 is 5.97 Å². The zero-order valence-electron chi connectivity index (χ0n) is 19.2. The third-order valence-corrected chi connectivity index (χ3v) is 7.01. The van der Waals surface area contributed by atoms with Gasteiger partial charge in [0.1, 0.15) is 5.75 Å². The summed E-state index contributed by atoms with van der Waals surface area (Å²) < 4.78 is 5.91. The molecule has 2 aromatic carbocycles. The number of carbonyl (C=O) groups excluding carboxylic acids is 1. The predicted molar refractivity (Wildman–Crippen MR) is 130 cm³/mol. The van der Waals surface area contributed by atoms with Crippen LogP contribution in [0.15, 0.2) is 60.8 Å². The van der Waals surface area contributed by atoms with Crippen molar-refractivity contribution < 1.29 is 19.4 Å². The van der Waals surface area contributed by atoms with Gasteiger partial charge in [-0.05, 0) is 73.7 Å². The summed E-state index contributed by atoms with van der Waals surface area (Å²) in [5.41, 5.74) is 4.48. The number of fused-ring (bicyclic) bond motifs is 2. The van der Waals surface area contributed by atoms with E-state index in [-0.39, 0.29) is 23.7 Å². The van der Waals surface area contributed by atoms with Crippen molar-refractivity contribution in [3.63, 3.8) is 0 Å². The minimum Gasteiger partial charge on any atom is -0.493 e. The van der Waals surface area contributed by atoms with Crippen LogP contribution in [0.2, 0.25) is 0 Å². The van der Waals surface area contributed by atoms with E-state index in [1.165, 1.54) is 0 Å². The van der Waals surface area contributed by atoms with Gasteiger partial charge in [-0.15, -0.1) is 0 Å². The highest BCUT2D eigenvalue weighted by Crippen LogP contribution is 2.61. The summed E-state index contributed by atoms with van der Waals surface area (Å²) in [6.07, 6.45) is 4.26. The number of aromatic nitrogens is 1. The Bertz CT molecular complexity index is 1330. The second-order valence-electron chi connectivity index (χ2n) is 9.16. The van der Waals surface area contributed by atoms with E-state index in [2.05, 4.69) is 22.4 Å². The van der Waals surface area contributed by atoms with Crippen LogP contribution < -0.4 is 10.1 Å². The molecule has 1 aromatic heterocycles. The number of carboxylic acid groups (broad SMARTS) is 1. The highest BCUT2D eigenvalue weighted by molar-refractivity contribution is 5.97. The first-order valence-corrected chi connectivity index (χ1v) is 11.7. The molecule has 1 amide bonds. The Hall–Kier alpha value is -4.18. The van der Waals surface area contributed by atoms with Crippen LogP contribution >= 0.6 is 0 Å². The number of nitriles is 1. The summed E-state index contributed by atoms with van der Waals surface area (Å²) in [5, 5.41) is 21.3. The third kappa shape index (κ3) is 4.47. The van der Waals surface area contributed by atoms with Gasteiger partial charge in [0.25, 0.3) is 0 Å². The van der Waals surface area contributed by atoms with Gasteiger partial charge in [-0.2, -0.15) is 5.26 Å². The highest BCUT2D eigenvalue weighted by Gasteiger charge is 2.61. The number of amides is 1. The second kappa shape index (κ2) is 9.22. The quantitative estimate of drug-likeness (QED) is 0.521. The number of benzene rings is 2. The molecular formula is C28H25N3O4. The predicted octanol–water partition coefficient (Wildman–Crippen LogP) is 4.71. The van der Waals surface area contributed by atoms with Crippen molar-refractivity contribution in [1.29, 1.82) is 5.26 Å². The number of nitrogens with one attached hydrogen (secondary N) is 1. The number of hydrogen-bond donors (Lipinski definition) is 2. The monoisotopic (exact) mass is 467 g/mol. The molecule has 1 fully saturated rings. The van der Waals surface area contributed by atoms with Gasteiger partial charge in [0.2, 0.25) is 5.91 Å². The van der Waals surface area contributed by atoms with Crippen LogP contribution in [-0.2, 0) is 21.4 Å². The number of rotatable bonds is 7. The van der Waals surface area contributed by atoms with E-state index >= 15 is 0 Å². The number of nitrogens with zero attached hydrogens (tertiary/aromatic N) is 2. The lowest BCUT2D eigenvalue weighted by atomic mass is 9.86. The molecule has 3 aromatic rings. The molecule has 0 radical (unpaired) electrons. The molecule has 35 heavy (non-hydrogen) atoms. The number of hydrogen-bond acceptors (Lipinski definition) is 5. The van der Waals surface area contributed by atoms with Gasteiger partial charge in [0.05, 0.1) is 23.9 Å². The Kier molecular flexibility index (Phi) is 5.96. The lowest BCUT2D eigenvalue weighted by molar-refractivity contribution is -0.137. The SMILES string of the molecule is N#Cc1ccc(CCCC(=O)O)c(NC(=O)C2CC23CCOc2ccc(-c4ccccn4)cc23)c1. The fourth-order valence-electron chi connectivity index (χ4n) is 5.07. The van der Waals surface area contributed by atoms with Gasteiger partial charge in [0, 0.05) is 40.8 Å². The lowest BCUT2D eigenvalue weighted by Crippen LogP contribution is -2.27. The van der Waals surface area contributed by atoms with Gasteiger partial charge in [-0.1, -0.05) is 12.1 Å².